The third-order valence-corrected chi connectivity index (χ3v) is 3.72. The maximum absolute atomic E-state index is 11.1. The number of hydrogen-bond donors (Lipinski definition) is 2. The Balaban J connectivity index is 2.22. The van der Waals surface area contributed by atoms with Gasteiger partial charge in [0.1, 0.15) is 0 Å². The van der Waals surface area contributed by atoms with Gasteiger partial charge in [-0.1, -0.05) is 17.7 Å². The summed E-state index contributed by atoms with van der Waals surface area (Å²) in [5, 5.41) is 3.47. The Morgan fingerprint density at radius 3 is 2.05 bits per heavy atom. The van der Waals surface area contributed by atoms with Crippen LogP contribution >= 0.6 is 0 Å². The molecule has 3 nitrogen and oxygen atoms in total. The first-order valence-electron chi connectivity index (χ1n) is 7.12. The Kier molecular flexibility index (Phi) is 4.32. The van der Waals surface area contributed by atoms with Crippen LogP contribution in [0.5, 0.6) is 0 Å². The lowest BCUT2D eigenvalue weighted by Gasteiger charge is -2.21. The third kappa shape index (κ3) is 3.43. The number of rotatable bonds is 4. The zero-order chi connectivity index (χ0) is 15.6. The molecule has 21 heavy (non-hydrogen) atoms. The molecule has 1 atom stereocenters. The molecule has 2 aromatic carbocycles. The van der Waals surface area contributed by atoms with E-state index in [0.717, 1.165) is 5.69 Å². The smallest absolute Gasteiger partial charge is 0.248 e. The van der Waals surface area contributed by atoms with E-state index in [1.165, 1.54) is 22.3 Å². The molecule has 0 heterocycles. The van der Waals surface area contributed by atoms with Crippen LogP contribution in [0.1, 0.15) is 45.6 Å². The van der Waals surface area contributed by atoms with Crippen molar-refractivity contribution in [2.24, 2.45) is 5.73 Å². The van der Waals surface area contributed by atoms with Crippen LogP contribution in [-0.4, -0.2) is 5.91 Å². The van der Waals surface area contributed by atoms with Crippen molar-refractivity contribution in [1.82, 2.24) is 0 Å². The van der Waals surface area contributed by atoms with Crippen molar-refractivity contribution in [2.45, 2.75) is 33.7 Å². The number of carbonyl (C=O) groups is 1. The van der Waals surface area contributed by atoms with Gasteiger partial charge in [0.15, 0.2) is 0 Å². The summed E-state index contributed by atoms with van der Waals surface area (Å²) >= 11 is 0. The lowest BCUT2D eigenvalue weighted by Crippen LogP contribution is -2.12. The van der Waals surface area contributed by atoms with Gasteiger partial charge in [-0.25, -0.2) is 0 Å². The minimum atomic E-state index is -0.403. The largest absolute Gasteiger partial charge is 0.379 e. The Labute approximate surface area is 126 Å². The standard InChI is InChI=1S/C18H22N2O/c1-11-9-12(2)17(13(3)10-11)14(4)20-16-7-5-15(6-8-16)18(19)21/h5-10,14,20H,1-4H3,(H2,19,21). The zero-order valence-corrected chi connectivity index (χ0v) is 13.0. The van der Waals surface area contributed by atoms with Gasteiger partial charge in [-0.3, -0.25) is 4.79 Å². The summed E-state index contributed by atoms with van der Waals surface area (Å²) in [5.41, 5.74) is 11.9. The van der Waals surface area contributed by atoms with Gasteiger partial charge in [0.05, 0.1) is 0 Å². The fraction of sp³-hybridized carbons (Fsp3) is 0.278. The van der Waals surface area contributed by atoms with E-state index in [2.05, 4.69) is 45.1 Å². The number of benzene rings is 2. The molecule has 3 N–H and O–H groups in total. The Morgan fingerprint density at radius 2 is 1.57 bits per heavy atom. The van der Waals surface area contributed by atoms with Crippen molar-refractivity contribution < 1.29 is 4.79 Å². The number of nitrogens with one attached hydrogen (secondary N) is 1. The van der Waals surface area contributed by atoms with Crippen LogP contribution < -0.4 is 11.1 Å². The van der Waals surface area contributed by atoms with E-state index in [1.807, 2.05) is 12.1 Å². The summed E-state index contributed by atoms with van der Waals surface area (Å²) in [7, 11) is 0. The van der Waals surface area contributed by atoms with E-state index in [4.69, 9.17) is 5.73 Å². The predicted molar refractivity (Wildman–Crippen MR) is 87.7 cm³/mol. The Bertz CT molecular complexity index is 636. The molecular weight excluding hydrogens is 260 g/mol. The summed E-state index contributed by atoms with van der Waals surface area (Å²) in [5.74, 6) is -0.403. The average molecular weight is 282 g/mol. The maximum atomic E-state index is 11.1. The first kappa shape index (κ1) is 15.1. The number of hydrogen-bond acceptors (Lipinski definition) is 2. The van der Waals surface area contributed by atoms with Crippen LogP contribution in [0.25, 0.3) is 0 Å². The van der Waals surface area contributed by atoms with Crippen molar-refractivity contribution in [3.63, 3.8) is 0 Å². The molecule has 0 radical (unpaired) electrons. The second kappa shape index (κ2) is 6.00. The highest BCUT2D eigenvalue weighted by Crippen LogP contribution is 2.26. The van der Waals surface area contributed by atoms with Crippen LogP contribution in [0, 0.1) is 20.8 Å². The van der Waals surface area contributed by atoms with Gasteiger partial charge < -0.3 is 11.1 Å². The van der Waals surface area contributed by atoms with Gasteiger partial charge in [0, 0.05) is 17.3 Å². The number of carbonyl (C=O) groups excluding carboxylic acids is 1. The average Bonchev–Trinajstić information content (AvgIpc) is 2.37. The first-order valence-corrected chi connectivity index (χ1v) is 7.12. The van der Waals surface area contributed by atoms with Crippen molar-refractivity contribution >= 4 is 11.6 Å². The monoisotopic (exact) mass is 282 g/mol. The van der Waals surface area contributed by atoms with E-state index >= 15 is 0 Å². The van der Waals surface area contributed by atoms with E-state index in [1.54, 1.807) is 12.1 Å². The van der Waals surface area contributed by atoms with Crippen molar-refractivity contribution in [3.05, 3.63) is 64.2 Å². The molecule has 0 saturated heterocycles. The molecule has 2 rings (SSSR count). The predicted octanol–water partition coefficient (Wildman–Crippen LogP) is 3.88. The molecule has 0 aliphatic heterocycles. The summed E-state index contributed by atoms with van der Waals surface area (Å²) in [6.45, 7) is 8.55. The SMILES string of the molecule is Cc1cc(C)c(C(C)Nc2ccc(C(N)=O)cc2)c(C)c1. The summed E-state index contributed by atoms with van der Waals surface area (Å²) in [4.78, 5) is 11.1. The molecule has 0 fully saturated rings. The van der Waals surface area contributed by atoms with Gasteiger partial charge in [-0.2, -0.15) is 0 Å². The van der Waals surface area contributed by atoms with Crippen LogP contribution in [-0.2, 0) is 0 Å². The number of anilines is 1. The highest BCUT2D eigenvalue weighted by molar-refractivity contribution is 5.93. The van der Waals surface area contributed by atoms with Crippen molar-refractivity contribution in [2.75, 3.05) is 5.32 Å². The van der Waals surface area contributed by atoms with Crippen LogP contribution in [0.4, 0.5) is 5.69 Å². The minimum Gasteiger partial charge on any atom is -0.379 e. The van der Waals surface area contributed by atoms with Gasteiger partial charge in [0.2, 0.25) is 5.91 Å². The van der Waals surface area contributed by atoms with Crippen LogP contribution in [0.2, 0.25) is 0 Å². The zero-order valence-electron chi connectivity index (χ0n) is 13.0. The fourth-order valence-electron chi connectivity index (χ4n) is 2.93. The summed E-state index contributed by atoms with van der Waals surface area (Å²) in [6.07, 6.45) is 0. The van der Waals surface area contributed by atoms with Gasteiger partial charge >= 0.3 is 0 Å². The molecule has 2 aromatic rings. The molecular formula is C18H22N2O. The third-order valence-electron chi connectivity index (χ3n) is 3.72. The molecule has 0 aliphatic rings. The lowest BCUT2D eigenvalue weighted by atomic mass is 9.94. The van der Waals surface area contributed by atoms with Crippen molar-refractivity contribution in [3.8, 4) is 0 Å². The highest BCUT2D eigenvalue weighted by Gasteiger charge is 2.12. The Morgan fingerprint density at radius 1 is 1.05 bits per heavy atom. The second-order valence-corrected chi connectivity index (χ2v) is 5.62. The molecule has 0 aromatic heterocycles. The molecule has 1 unspecified atom stereocenters. The molecule has 0 spiro atoms. The van der Waals surface area contributed by atoms with E-state index in [-0.39, 0.29) is 6.04 Å². The minimum absolute atomic E-state index is 0.199. The van der Waals surface area contributed by atoms with Gasteiger partial charge in [-0.05, 0) is 68.7 Å². The van der Waals surface area contributed by atoms with E-state index in [0.29, 0.717) is 5.56 Å². The number of nitrogens with two attached hydrogens (primary N) is 1. The second-order valence-electron chi connectivity index (χ2n) is 5.62. The summed E-state index contributed by atoms with van der Waals surface area (Å²) < 4.78 is 0. The fourth-order valence-corrected chi connectivity index (χ4v) is 2.93. The maximum Gasteiger partial charge on any atom is 0.248 e. The number of primary amides is 1. The number of amides is 1. The van der Waals surface area contributed by atoms with Crippen LogP contribution in [0.15, 0.2) is 36.4 Å². The molecule has 3 heteroatoms. The molecule has 1 amide bonds. The quantitative estimate of drug-likeness (QED) is 0.894. The van der Waals surface area contributed by atoms with Crippen LogP contribution in [0.3, 0.4) is 0 Å². The van der Waals surface area contributed by atoms with E-state index in [9.17, 15) is 4.79 Å². The van der Waals surface area contributed by atoms with Gasteiger partial charge in [-0.15, -0.1) is 0 Å². The van der Waals surface area contributed by atoms with E-state index < -0.39 is 5.91 Å². The first-order chi connectivity index (χ1) is 9.88. The normalized spacial score (nSPS) is 12.0. The molecule has 0 saturated carbocycles. The topological polar surface area (TPSA) is 55.1 Å². The molecule has 110 valence electrons. The highest BCUT2D eigenvalue weighted by atomic mass is 16.1. The molecule has 0 bridgehead atoms. The Hall–Kier alpha value is -2.29. The number of aryl methyl sites for hydroxylation is 3. The van der Waals surface area contributed by atoms with Crippen molar-refractivity contribution in [1.29, 1.82) is 0 Å². The van der Waals surface area contributed by atoms with Gasteiger partial charge in [0.25, 0.3) is 0 Å². The summed E-state index contributed by atoms with van der Waals surface area (Å²) in [6, 6.07) is 11.9. The molecule has 0 aliphatic carbocycles. The lowest BCUT2D eigenvalue weighted by molar-refractivity contribution is 0.100.